The van der Waals surface area contributed by atoms with Crippen LogP contribution in [0.15, 0.2) is 36.0 Å². The molecule has 1 atom stereocenters. The Morgan fingerprint density at radius 2 is 2.00 bits per heavy atom. The third-order valence-electron chi connectivity index (χ3n) is 3.88. The van der Waals surface area contributed by atoms with Crippen molar-refractivity contribution < 1.29 is 9.59 Å². The van der Waals surface area contributed by atoms with E-state index in [0.717, 1.165) is 5.69 Å². The SMILES string of the molecule is Cc1nc(-c2ccccn2)sc1C(=O)N[C@@H](CC(C)C)C(=O)Nc1nccs1. The zero-order valence-corrected chi connectivity index (χ0v) is 17.4. The van der Waals surface area contributed by atoms with Gasteiger partial charge in [-0.3, -0.25) is 14.6 Å². The van der Waals surface area contributed by atoms with Crippen molar-refractivity contribution in [2.75, 3.05) is 5.32 Å². The lowest BCUT2D eigenvalue weighted by Crippen LogP contribution is -2.44. The van der Waals surface area contributed by atoms with Gasteiger partial charge in [0.05, 0.1) is 11.4 Å². The van der Waals surface area contributed by atoms with Crippen LogP contribution < -0.4 is 10.6 Å². The number of pyridine rings is 1. The highest BCUT2D eigenvalue weighted by Crippen LogP contribution is 2.26. The number of aromatic nitrogens is 3. The molecule has 0 aromatic carbocycles. The summed E-state index contributed by atoms with van der Waals surface area (Å²) in [6.45, 7) is 5.80. The molecule has 7 nitrogen and oxygen atoms in total. The van der Waals surface area contributed by atoms with E-state index in [2.05, 4.69) is 25.6 Å². The van der Waals surface area contributed by atoms with E-state index < -0.39 is 6.04 Å². The quantitative estimate of drug-likeness (QED) is 0.612. The summed E-state index contributed by atoms with van der Waals surface area (Å²) in [4.78, 5) is 38.8. The summed E-state index contributed by atoms with van der Waals surface area (Å²) in [5.74, 6) is -0.347. The van der Waals surface area contributed by atoms with E-state index in [1.165, 1.54) is 22.7 Å². The maximum Gasteiger partial charge on any atom is 0.263 e. The van der Waals surface area contributed by atoms with E-state index in [4.69, 9.17) is 0 Å². The zero-order valence-electron chi connectivity index (χ0n) is 15.8. The number of anilines is 1. The Bertz CT molecular complexity index is 939. The molecule has 3 aromatic heterocycles. The van der Waals surface area contributed by atoms with Gasteiger partial charge < -0.3 is 10.6 Å². The molecule has 0 aliphatic rings. The smallest absolute Gasteiger partial charge is 0.263 e. The fourth-order valence-corrected chi connectivity index (χ4v) is 4.09. The molecule has 3 aromatic rings. The first-order chi connectivity index (χ1) is 13.4. The predicted molar refractivity (Wildman–Crippen MR) is 112 cm³/mol. The molecule has 0 aliphatic carbocycles. The molecule has 0 unspecified atom stereocenters. The highest BCUT2D eigenvalue weighted by Gasteiger charge is 2.25. The van der Waals surface area contributed by atoms with Gasteiger partial charge in [0, 0.05) is 17.8 Å². The monoisotopic (exact) mass is 415 g/mol. The Labute approximate surface area is 171 Å². The normalized spacial score (nSPS) is 12.0. The van der Waals surface area contributed by atoms with Gasteiger partial charge >= 0.3 is 0 Å². The maximum atomic E-state index is 12.9. The van der Waals surface area contributed by atoms with Crippen LogP contribution in [-0.2, 0) is 4.79 Å². The van der Waals surface area contributed by atoms with Crippen molar-refractivity contribution in [3.63, 3.8) is 0 Å². The minimum atomic E-state index is -0.656. The molecule has 0 aliphatic heterocycles. The number of rotatable bonds is 7. The highest BCUT2D eigenvalue weighted by atomic mass is 32.1. The van der Waals surface area contributed by atoms with Gasteiger partial charge in [-0.1, -0.05) is 19.9 Å². The largest absolute Gasteiger partial charge is 0.339 e. The number of nitrogens with zero attached hydrogens (tertiary/aromatic N) is 3. The molecule has 0 bridgehead atoms. The molecule has 0 saturated heterocycles. The van der Waals surface area contributed by atoms with Gasteiger partial charge in [-0.25, -0.2) is 9.97 Å². The van der Waals surface area contributed by atoms with E-state index >= 15 is 0 Å². The van der Waals surface area contributed by atoms with Crippen molar-refractivity contribution in [3.05, 3.63) is 46.5 Å². The average molecular weight is 416 g/mol. The highest BCUT2D eigenvalue weighted by molar-refractivity contribution is 7.17. The second-order valence-electron chi connectivity index (χ2n) is 6.63. The molecular weight excluding hydrogens is 394 g/mol. The summed E-state index contributed by atoms with van der Waals surface area (Å²) >= 11 is 2.61. The van der Waals surface area contributed by atoms with Gasteiger partial charge in [-0.15, -0.1) is 22.7 Å². The van der Waals surface area contributed by atoms with Crippen LogP contribution in [-0.4, -0.2) is 32.8 Å². The summed E-state index contributed by atoms with van der Waals surface area (Å²) in [5.41, 5.74) is 1.33. The lowest BCUT2D eigenvalue weighted by molar-refractivity contribution is -0.118. The first-order valence-electron chi connectivity index (χ1n) is 8.84. The van der Waals surface area contributed by atoms with E-state index in [9.17, 15) is 9.59 Å². The maximum absolute atomic E-state index is 12.9. The number of nitrogens with one attached hydrogen (secondary N) is 2. The van der Waals surface area contributed by atoms with E-state index in [1.807, 2.05) is 32.0 Å². The minimum absolute atomic E-state index is 0.235. The number of hydrogen-bond donors (Lipinski definition) is 2. The second-order valence-corrected chi connectivity index (χ2v) is 8.52. The van der Waals surface area contributed by atoms with Crippen LogP contribution in [0.2, 0.25) is 0 Å². The fraction of sp³-hybridized carbons (Fsp3) is 0.316. The average Bonchev–Trinajstić information content (AvgIpc) is 3.31. The van der Waals surface area contributed by atoms with Gasteiger partial charge in [0.2, 0.25) is 5.91 Å². The molecule has 0 saturated carbocycles. The number of thiazole rings is 2. The van der Waals surface area contributed by atoms with Crippen LogP contribution in [0, 0.1) is 12.8 Å². The van der Waals surface area contributed by atoms with Crippen molar-refractivity contribution in [3.8, 4) is 10.7 Å². The third-order valence-corrected chi connectivity index (χ3v) is 5.75. The molecule has 146 valence electrons. The Kier molecular flexibility index (Phi) is 6.48. The summed E-state index contributed by atoms with van der Waals surface area (Å²) < 4.78 is 0. The molecule has 28 heavy (non-hydrogen) atoms. The van der Waals surface area contributed by atoms with Crippen molar-refractivity contribution >= 4 is 39.6 Å². The van der Waals surface area contributed by atoms with Crippen LogP contribution in [0.4, 0.5) is 5.13 Å². The van der Waals surface area contributed by atoms with Gasteiger partial charge in [0.1, 0.15) is 15.9 Å². The fourth-order valence-electron chi connectivity index (χ4n) is 2.61. The summed E-state index contributed by atoms with van der Waals surface area (Å²) in [7, 11) is 0. The minimum Gasteiger partial charge on any atom is -0.339 e. The molecule has 0 spiro atoms. The molecule has 2 amide bonds. The first kappa shape index (κ1) is 20.1. The molecule has 2 N–H and O–H groups in total. The molecular formula is C19H21N5O2S2. The van der Waals surface area contributed by atoms with Crippen LogP contribution in [0.1, 0.15) is 35.6 Å². The van der Waals surface area contributed by atoms with Crippen molar-refractivity contribution in [2.45, 2.75) is 33.2 Å². The first-order valence-corrected chi connectivity index (χ1v) is 10.5. The summed E-state index contributed by atoms with van der Waals surface area (Å²) in [6.07, 6.45) is 3.83. The Hall–Kier alpha value is -2.65. The van der Waals surface area contributed by atoms with Crippen LogP contribution >= 0.6 is 22.7 Å². The van der Waals surface area contributed by atoms with Crippen LogP contribution in [0.25, 0.3) is 10.7 Å². The molecule has 0 fully saturated rings. The molecule has 9 heteroatoms. The number of amides is 2. The molecule has 0 radical (unpaired) electrons. The topological polar surface area (TPSA) is 96.9 Å². The summed E-state index contributed by atoms with van der Waals surface area (Å²) in [6, 6.07) is 4.90. The number of carbonyl (C=O) groups excluding carboxylic acids is 2. The van der Waals surface area contributed by atoms with Crippen molar-refractivity contribution in [1.29, 1.82) is 0 Å². The lowest BCUT2D eigenvalue weighted by atomic mass is 10.0. The molecule has 3 heterocycles. The zero-order chi connectivity index (χ0) is 20.1. The Morgan fingerprint density at radius 1 is 1.18 bits per heavy atom. The van der Waals surface area contributed by atoms with E-state index in [-0.39, 0.29) is 17.7 Å². The summed E-state index contributed by atoms with van der Waals surface area (Å²) in [5, 5.41) is 8.59. The van der Waals surface area contributed by atoms with Gasteiger partial charge in [0.15, 0.2) is 5.13 Å². The van der Waals surface area contributed by atoms with E-state index in [0.29, 0.717) is 27.1 Å². The second kappa shape index (κ2) is 9.03. The number of hydrogen-bond acceptors (Lipinski definition) is 7. The van der Waals surface area contributed by atoms with Gasteiger partial charge in [-0.2, -0.15) is 0 Å². The van der Waals surface area contributed by atoms with Crippen molar-refractivity contribution in [1.82, 2.24) is 20.3 Å². The van der Waals surface area contributed by atoms with Crippen LogP contribution in [0.5, 0.6) is 0 Å². The number of aryl methyl sites for hydroxylation is 1. The van der Waals surface area contributed by atoms with Crippen LogP contribution in [0.3, 0.4) is 0 Å². The van der Waals surface area contributed by atoms with Gasteiger partial charge in [-0.05, 0) is 31.4 Å². The third kappa shape index (κ3) is 4.99. The lowest BCUT2D eigenvalue weighted by Gasteiger charge is -2.19. The predicted octanol–water partition coefficient (Wildman–Crippen LogP) is 3.75. The standard InChI is InChI=1S/C19H21N5O2S2/c1-11(2)10-14(16(25)24-19-21-8-9-27-19)23-17(26)15-12(3)22-18(28-15)13-6-4-5-7-20-13/h4-9,11,14H,10H2,1-3H3,(H,23,26)(H,21,24,25)/t14-/m0/s1. The van der Waals surface area contributed by atoms with Crippen molar-refractivity contribution in [2.24, 2.45) is 5.92 Å². The van der Waals surface area contributed by atoms with Gasteiger partial charge in [0.25, 0.3) is 5.91 Å². The van der Waals surface area contributed by atoms with E-state index in [1.54, 1.807) is 24.7 Å². The number of carbonyl (C=O) groups is 2. The Morgan fingerprint density at radius 3 is 2.64 bits per heavy atom. The Balaban J connectivity index is 1.76. The molecule has 3 rings (SSSR count).